The van der Waals surface area contributed by atoms with E-state index in [2.05, 4.69) is 13.5 Å². The van der Waals surface area contributed by atoms with Gasteiger partial charge in [-0.15, -0.1) is 0 Å². The zero-order valence-electron chi connectivity index (χ0n) is 10.7. The first-order valence-electron chi connectivity index (χ1n) is 6.59. The van der Waals surface area contributed by atoms with Crippen molar-refractivity contribution in [1.29, 1.82) is 0 Å². The predicted octanol–water partition coefficient (Wildman–Crippen LogP) is 2.03. The van der Waals surface area contributed by atoms with Gasteiger partial charge in [0.2, 0.25) is 0 Å². The number of fused-ring (bicyclic) bond motifs is 6. The summed E-state index contributed by atoms with van der Waals surface area (Å²) in [7, 11) is 0. The second-order valence-corrected chi connectivity index (χ2v) is 6.45. The van der Waals surface area contributed by atoms with Crippen molar-refractivity contribution in [2.24, 2.45) is 23.2 Å². The molecule has 5 unspecified atom stereocenters. The van der Waals surface area contributed by atoms with Crippen LogP contribution in [0, 0.1) is 23.2 Å². The van der Waals surface area contributed by atoms with Gasteiger partial charge >= 0.3 is 5.97 Å². The van der Waals surface area contributed by atoms with Gasteiger partial charge in [-0.3, -0.25) is 4.79 Å². The highest BCUT2D eigenvalue weighted by molar-refractivity contribution is 6.00. The van der Waals surface area contributed by atoms with Crippen molar-refractivity contribution in [2.45, 2.75) is 32.8 Å². The Kier molecular flexibility index (Phi) is 1.63. The van der Waals surface area contributed by atoms with E-state index in [-0.39, 0.29) is 29.2 Å². The first-order valence-corrected chi connectivity index (χ1v) is 6.59. The fraction of sp³-hybridized carbons (Fsp3) is 0.600. The molecule has 94 valence electrons. The zero-order chi connectivity index (χ0) is 12.8. The van der Waals surface area contributed by atoms with Crippen molar-refractivity contribution in [3.8, 4) is 0 Å². The summed E-state index contributed by atoms with van der Waals surface area (Å²) >= 11 is 0. The van der Waals surface area contributed by atoms with Crippen molar-refractivity contribution in [1.82, 2.24) is 0 Å². The average Bonchev–Trinajstić information content (AvgIpc) is 2.79. The molecule has 3 aliphatic carbocycles. The Balaban J connectivity index is 1.90. The summed E-state index contributed by atoms with van der Waals surface area (Å²) in [5.74, 6) is 0.870. The maximum Gasteiger partial charge on any atom is 0.334 e. The van der Waals surface area contributed by atoms with E-state index < -0.39 is 0 Å². The summed E-state index contributed by atoms with van der Waals surface area (Å²) in [6.07, 6.45) is 1.52. The highest BCUT2D eigenvalue weighted by Gasteiger charge is 2.70. The number of carbonyl (C=O) groups excluding carboxylic acids is 2. The molecule has 4 aliphatic rings. The van der Waals surface area contributed by atoms with Gasteiger partial charge in [-0.1, -0.05) is 13.5 Å². The minimum absolute atomic E-state index is 0.120. The number of allylic oxidation sites excluding steroid dienone is 1. The first-order chi connectivity index (χ1) is 8.45. The number of carbonyl (C=O) groups is 2. The maximum absolute atomic E-state index is 12.0. The molecule has 3 nitrogen and oxygen atoms in total. The molecule has 0 N–H and O–H groups in total. The van der Waals surface area contributed by atoms with E-state index >= 15 is 0 Å². The lowest BCUT2D eigenvalue weighted by Crippen LogP contribution is -2.35. The Morgan fingerprint density at radius 3 is 2.83 bits per heavy atom. The van der Waals surface area contributed by atoms with Crippen LogP contribution in [0.1, 0.15) is 26.7 Å². The Hall–Kier alpha value is -1.38. The van der Waals surface area contributed by atoms with Crippen LogP contribution >= 0.6 is 0 Å². The van der Waals surface area contributed by atoms with Crippen LogP contribution in [0.3, 0.4) is 0 Å². The van der Waals surface area contributed by atoms with Gasteiger partial charge in [-0.25, -0.2) is 4.79 Å². The van der Waals surface area contributed by atoms with E-state index in [0.29, 0.717) is 23.8 Å². The summed E-state index contributed by atoms with van der Waals surface area (Å²) < 4.78 is 5.50. The summed E-state index contributed by atoms with van der Waals surface area (Å²) in [4.78, 5) is 23.7. The van der Waals surface area contributed by atoms with Gasteiger partial charge in [0.25, 0.3) is 0 Å². The molecule has 0 aromatic rings. The molecule has 18 heavy (non-hydrogen) atoms. The Labute approximate surface area is 106 Å². The topological polar surface area (TPSA) is 43.4 Å². The number of Topliss-reactive ketones (excluding diaryl/α,β-unsaturated/α-hetero) is 1. The standard InChI is InChI=1S/C15H16O3/c1-6-10(16)4-8-11(6)13-12(7(2)14(17)18-13)9-5-15(8,9)3/h8-9,12-13H,2,4-5H2,1,3H3. The number of rotatable bonds is 0. The molecule has 2 saturated carbocycles. The SMILES string of the molecule is C=C1C(=O)OC2C3=C(C)C(=O)CC3C3(C)CC3C12. The van der Waals surface area contributed by atoms with E-state index in [1.165, 1.54) is 0 Å². The van der Waals surface area contributed by atoms with Gasteiger partial charge in [0.15, 0.2) is 5.78 Å². The van der Waals surface area contributed by atoms with Crippen LogP contribution in [-0.2, 0) is 14.3 Å². The summed E-state index contributed by atoms with van der Waals surface area (Å²) in [6, 6.07) is 0. The molecule has 1 saturated heterocycles. The van der Waals surface area contributed by atoms with E-state index in [9.17, 15) is 9.59 Å². The van der Waals surface area contributed by atoms with Gasteiger partial charge in [-0.05, 0) is 41.7 Å². The number of hydrogen-bond donors (Lipinski definition) is 0. The average molecular weight is 244 g/mol. The molecule has 4 rings (SSSR count). The molecule has 3 fully saturated rings. The van der Waals surface area contributed by atoms with Gasteiger partial charge in [0.05, 0.1) is 0 Å². The molecule has 0 aromatic carbocycles. The van der Waals surface area contributed by atoms with Crippen LogP contribution in [0.15, 0.2) is 23.3 Å². The predicted molar refractivity (Wildman–Crippen MR) is 64.5 cm³/mol. The fourth-order valence-electron chi connectivity index (χ4n) is 4.52. The lowest BCUT2D eigenvalue weighted by molar-refractivity contribution is -0.138. The second kappa shape index (κ2) is 2.79. The monoisotopic (exact) mass is 244 g/mol. The van der Waals surface area contributed by atoms with Crippen LogP contribution in [0.25, 0.3) is 0 Å². The van der Waals surface area contributed by atoms with Crippen molar-refractivity contribution < 1.29 is 14.3 Å². The molecule has 0 radical (unpaired) electrons. The lowest BCUT2D eigenvalue weighted by Gasteiger charge is -2.35. The van der Waals surface area contributed by atoms with Gasteiger partial charge in [0, 0.05) is 17.9 Å². The normalized spacial score (nSPS) is 48.9. The first kappa shape index (κ1) is 10.5. The highest BCUT2D eigenvalue weighted by Crippen LogP contribution is 2.72. The number of hydrogen-bond acceptors (Lipinski definition) is 3. The van der Waals surface area contributed by atoms with E-state index in [1.54, 1.807) is 0 Å². The Bertz CT molecular complexity index is 556. The molecule has 0 spiro atoms. The molecule has 1 aliphatic heterocycles. The quantitative estimate of drug-likeness (QED) is 0.483. The molecule has 0 bridgehead atoms. The molecular weight excluding hydrogens is 228 g/mol. The van der Waals surface area contributed by atoms with E-state index in [1.807, 2.05) is 6.92 Å². The maximum atomic E-state index is 12.0. The van der Waals surface area contributed by atoms with Gasteiger partial charge in [-0.2, -0.15) is 0 Å². The Morgan fingerprint density at radius 2 is 2.11 bits per heavy atom. The van der Waals surface area contributed by atoms with Crippen molar-refractivity contribution in [3.05, 3.63) is 23.3 Å². The minimum Gasteiger partial charge on any atom is -0.454 e. The molecule has 5 atom stereocenters. The smallest absolute Gasteiger partial charge is 0.334 e. The Morgan fingerprint density at radius 1 is 1.39 bits per heavy atom. The summed E-state index contributed by atoms with van der Waals surface area (Å²) in [5, 5.41) is 0. The highest BCUT2D eigenvalue weighted by atomic mass is 16.6. The van der Waals surface area contributed by atoms with Crippen molar-refractivity contribution in [2.75, 3.05) is 0 Å². The number of esters is 1. The third kappa shape index (κ3) is 0.943. The molecule has 3 heteroatoms. The summed E-state index contributed by atoms with van der Waals surface area (Å²) in [6.45, 7) is 8.04. The third-order valence-electron chi connectivity index (χ3n) is 5.72. The van der Waals surface area contributed by atoms with E-state index in [0.717, 1.165) is 17.6 Å². The lowest BCUT2D eigenvalue weighted by atomic mass is 9.69. The molecular formula is C15H16O3. The largest absolute Gasteiger partial charge is 0.454 e. The van der Waals surface area contributed by atoms with E-state index in [4.69, 9.17) is 4.74 Å². The fourth-order valence-corrected chi connectivity index (χ4v) is 4.52. The molecule has 0 amide bonds. The van der Waals surface area contributed by atoms with Crippen LogP contribution in [-0.4, -0.2) is 17.9 Å². The second-order valence-electron chi connectivity index (χ2n) is 6.45. The number of ketones is 1. The minimum atomic E-state index is -0.264. The van der Waals surface area contributed by atoms with Gasteiger partial charge < -0.3 is 4.74 Å². The molecule has 0 aromatic heterocycles. The zero-order valence-corrected chi connectivity index (χ0v) is 10.7. The summed E-state index contributed by atoms with van der Waals surface area (Å²) in [5.41, 5.74) is 2.75. The van der Waals surface area contributed by atoms with Crippen molar-refractivity contribution >= 4 is 11.8 Å². The van der Waals surface area contributed by atoms with Crippen LogP contribution in [0.2, 0.25) is 0 Å². The van der Waals surface area contributed by atoms with Crippen LogP contribution in [0.5, 0.6) is 0 Å². The van der Waals surface area contributed by atoms with Crippen LogP contribution < -0.4 is 0 Å². The third-order valence-corrected chi connectivity index (χ3v) is 5.72. The van der Waals surface area contributed by atoms with Gasteiger partial charge in [0.1, 0.15) is 6.10 Å². The molecule has 1 heterocycles. The van der Waals surface area contributed by atoms with Crippen LogP contribution in [0.4, 0.5) is 0 Å². The number of ether oxygens (including phenoxy) is 1. The van der Waals surface area contributed by atoms with Crippen molar-refractivity contribution in [3.63, 3.8) is 0 Å².